The molecule has 2 fully saturated rings. The van der Waals surface area contributed by atoms with Gasteiger partial charge in [-0.3, -0.25) is 4.90 Å². The monoisotopic (exact) mass is 306 g/mol. The molecule has 0 bridgehead atoms. The van der Waals surface area contributed by atoms with Crippen LogP contribution in [0.25, 0.3) is 0 Å². The number of benzene rings is 2. The average molecular weight is 306 g/mol. The van der Waals surface area contributed by atoms with Gasteiger partial charge in [0.1, 0.15) is 0 Å². The molecule has 120 valence electrons. The molecule has 1 saturated heterocycles. The van der Waals surface area contributed by atoms with Gasteiger partial charge >= 0.3 is 0 Å². The molecule has 2 aromatic carbocycles. The van der Waals surface area contributed by atoms with Gasteiger partial charge in [0.25, 0.3) is 0 Å². The molecule has 1 saturated carbocycles. The predicted molar refractivity (Wildman–Crippen MR) is 95.2 cm³/mol. The van der Waals surface area contributed by atoms with Crippen molar-refractivity contribution in [3.63, 3.8) is 0 Å². The summed E-state index contributed by atoms with van der Waals surface area (Å²) in [6, 6.07) is 22.5. The van der Waals surface area contributed by atoms with Gasteiger partial charge in [-0.1, -0.05) is 60.7 Å². The number of piperazine rings is 1. The standard InChI is InChI=1S/C21H26N2/c1-21(19-10-6-3-7-11-19)16-22-20(18-12-13-18)15-23(21)14-17-8-4-2-5-9-17/h2-11,18,20,22H,12-16H2,1H3. The Labute approximate surface area is 139 Å². The Morgan fingerprint density at radius 3 is 2.30 bits per heavy atom. The zero-order valence-electron chi connectivity index (χ0n) is 13.9. The van der Waals surface area contributed by atoms with Crippen molar-refractivity contribution in [2.75, 3.05) is 13.1 Å². The maximum Gasteiger partial charge on any atom is 0.0561 e. The van der Waals surface area contributed by atoms with E-state index in [-0.39, 0.29) is 5.54 Å². The topological polar surface area (TPSA) is 15.3 Å². The Kier molecular flexibility index (Phi) is 3.96. The van der Waals surface area contributed by atoms with Crippen LogP contribution in [0.15, 0.2) is 60.7 Å². The summed E-state index contributed by atoms with van der Waals surface area (Å²) in [7, 11) is 0. The van der Waals surface area contributed by atoms with Gasteiger partial charge in [-0.25, -0.2) is 0 Å². The molecule has 0 radical (unpaired) electrons. The second-order valence-corrected chi connectivity index (χ2v) is 7.33. The Hall–Kier alpha value is -1.64. The molecular formula is C21H26N2. The average Bonchev–Trinajstić information content (AvgIpc) is 3.44. The number of hydrogen-bond donors (Lipinski definition) is 1. The first-order valence-corrected chi connectivity index (χ1v) is 8.83. The summed E-state index contributed by atoms with van der Waals surface area (Å²) in [4.78, 5) is 2.69. The molecule has 0 spiro atoms. The molecule has 23 heavy (non-hydrogen) atoms. The van der Waals surface area contributed by atoms with Crippen molar-refractivity contribution in [3.05, 3.63) is 71.8 Å². The highest BCUT2D eigenvalue weighted by atomic mass is 15.3. The molecule has 1 aliphatic carbocycles. The molecule has 2 aromatic rings. The van der Waals surface area contributed by atoms with Crippen molar-refractivity contribution in [3.8, 4) is 0 Å². The van der Waals surface area contributed by atoms with Crippen LogP contribution in [-0.4, -0.2) is 24.0 Å². The van der Waals surface area contributed by atoms with Crippen molar-refractivity contribution in [1.29, 1.82) is 0 Å². The van der Waals surface area contributed by atoms with E-state index < -0.39 is 0 Å². The number of nitrogens with zero attached hydrogens (tertiary/aromatic N) is 1. The van der Waals surface area contributed by atoms with E-state index in [0.717, 1.165) is 25.6 Å². The molecule has 2 aliphatic rings. The Morgan fingerprint density at radius 2 is 1.65 bits per heavy atom. The summed E-state index contributed by atoms with van der Waals surface area (Å²) >= 11 is 0. The summed E-state index contributed by atoms with van der Waals surface area (Å²) in [5.74, 6) is 0.897. The van der Waals surface area contributed by atoms with Crippen LogP contribution < -0.4 is 5.32 Å². The van der Waals surface area contributed by atoms with E-state index in [1.54, 1.807) is 0 Å². The molecule has 1 aliphatic heterocycles. The van der Waals surface area contributed by atoms with Gasteiger partial charge in [0.15, 0.2) is 0 Å². The summed E-state index contributed by atoms with van der Waals surface area (Å²) in [6.45, 7) is 5.59. The van der Waals surface area contributed by atoms with Crippen LogP contribution >= 0.6 is 0 Å². The highest BCUT2D eigenvalue weighted by Gasteiger charge is 2.43. The molecule has 4 rings (SSSR count). The zero-order chi connectivity index (χ0) is 15.7. The van der Waals surface area contributed by atoms with Crippen LogP contribution in [-0.2, 0) is 12.1 Å². The smallest absolute Gasteiger partial charge is 0.0561 e. The third-order valence-electron chi connectivity index (χ3n) is 5.63. The fourth-order valence-corrected chi connectivity index (χ4v) is 3.88. The van der Waals surface area contributed by atoms with E-state index in [2.05, 4.69) is 77.8 Å². The van der Waals surface area contributed by atoms with Gasteiger partial charge in [0.2, 0.25) is 0 Å². The molecule has 2 unspecified atom stereocenters. The third-order valence-corrected chi connectivity index (χ3v) is 5.63. The van der Waals surface area contributed by atoms with Gasteiger partial charge < -0.3 is 5.32 Å². The van der Waals surface area contributed by atoms with E-state index in [1.807, 2.05) is 0 Å². The van der Waals surface area contributed by atoms with Gasteiger partial charge in [0, 0.05) is 25.7 Å². The van der Waals surface area contributed by atoms with E-state index in [9.17, 15) is 0 Å². The lowest BCUT2D eigenvalue weighted by Crippen LogP contribution is -2.61. The normalized spacial score (nSPS) is 28.7. The molecule has 2 atom stereocenters. The van der Waals surface area contributed by atoms with Gasteiger partial charge in [-0.15, -0.1) is 0 Å². The SMILES string of the molecule is CC1(c2ccccc2)CNC(C2CC2)CN1Cc1ccccc1. The largest absolute Gasteiger partial charge is 0.310 e. The first-order chi connectivity index (χ1) is 11.3. The Morgan fingerprint density at radius 1 is 1.00 bits per heavy atom. The highest BCUT2D eigenvalue weighted by Crippen LogP contribution is 2.39. The quantitative estimate of drug-likeness (QED) is 0.924. The van der Waals surface area contributed by atoms with Crippen molar-refractivity contribution < 1.29 is 0 Å². The summed E-state index contributed by atoms with van der Waals surface area (Å²) in [5.41, 5.74) is 2.88. The minimum absolute atomic E-state index is 0.0580. The lowest BCUT2D eigenvalue weighted by atomic mass is 9.86. The number of nitrogens with one attached hydrogen (secondary N) is 1. The molecule has 2 heteroatoms. The summed E-state index contributed by atoms with van der Waals surface area (Å²) in [5, 5.41) is 3.84. The minimum Gasteiger partial charge on any atom is -0.310 e. The van der Waals surface area contributed by atoms with E-state index in [0.29, 0.717) is 6.04 Å². The van der Waals surface area contributed by atoms with Crippen LogP contribution in [0.3, 0.4) is 0 Å². The van der Waals surface area contributed by atoms with Crippen LogP contribution in [0.5, 0.6) is 0 Å². The molecular weight excluding hydrogens is 280 g/mol. The van der Waals surface area contributed by atoms with E-state index >= 15 is 0 Å². The highest BCUT2D eigenvalue weighted by molar-refractivity contribution is 5.27. The second-order valence-electron chi connectivity index (χ2n) is 7.33. The first kappa shape index (κ1) is 14.9. The van der Waals surface area contributed by atoms with E-state index in [1.165, 1.54) is 24.0 Å². The van der Waals surface area contributed by atoms with Gasteiger partial charge in [0.05, 0.1) is 5.54 Å². The lowest BCUT2D eigenvalue weighted by molar-refractivity contribution is 0.0371. The lowest BCUT2D eigenvalue weighted by Gasteiger charge is -2.49. The minimum atomic E-state index is 0.0580. The van der Waals surface area contributed by atoms with Gasteiger partial charge in [-0.05, 0) is 36.8 Å². The molecule has 1 N–H and O–H groups in total. The van der Waals surface area contributed by atoms with Crippen LogP contribution in [0.1, 0.15) is 30.9 Å². The fraction of sp³-hybridized carbons (Fsp3) is 0.429. The summed E-state index contributed by atoms with van der Waals surface area (Å²) in [6.07, 6.45) is 2.80. The number of hydrogen-bond acceptors (Lipinski definition) is 2. The van der Waals surface area contributed by atoms with Crippen LogP contribution in [0.2, 0.25) is 0 Å². The summed E-state index contributed by atoms with van der Waals surface area (Å²) < 4.78 is 0. The molecule has 2 nitrogen and oxygen atoms in total. The molecule has 0 amide bonds. The van der Waals surface area contributed by atoms with Crippen molar-refractivity contribution in [1.82, 2.24) is 10.2 Å². The number of rotatable bonds is 4. The van der Waals surface area contributed by atoms with Crippen LogP contribution in [0.4, 0.5) is 0 Å². The van der Waals surface area contributed by atoms with Crippen molar-refractivity contribution in [2.24, 2.45) is 5.92 Å². The zero-order valence-corrected chi connectivity index (χ0v) is 13.9. The second kappa shape index (κ2) is 6.10. The maximum absolute atomic E-state index is 3.84. The van der Waals surface area contributed by atoms with Crippen molar-refractivity contribution >= 4 is 0 Å². The molecule has 1 heterocycles. The predicted octanol–water partition coefficient (Wildman–Crippen LogP) is 3.79. The Balaban J connectivity index is 1.62. The van der Waals surface area contributed by atoms with Gasteiger partial charge in [-0.2, -0.15) is 0 Å². The van der Waals surface area contributed by atoms with E-state index in [4.69, 9.17) is 0 Å². The van der Waals surface area contributed by atoms with Crippen molar-refractivity contribution in [2.45, 2.75) is 37.9 Å². The first-order valence-electron chi connectivity index (χ1n) is 8.83. The van der Waals surface area contributed by atoms with Crippen LogP contribution in [0, 0.1) is 5.92 Å². The third kappa shape index (κ3) is 3.06. The maximum atomic E-state index is 3.84. The molecule has 0 aromatic heterocycles. The fourth-order valence-electron chi connectivity index (χ4n) is 3.88. The Bertz CT molecular complexity index is 635.